The number of aromatic nitrogens is 2. The summed E-state index contributed by atoms with van der Waals surface area (Å²) in [6.45, 7) is 7.99. The molecule has 0 radical (unpaired) electrons. The molecule has 3 fully saturated rings. The van der Waals surface area contributed by atoms with Crippen LogP contribution in [-0.2, 0) is 27.4 Å². The zero-order valence-electron chi connectivity index (χ0n) is 17.3. The van der Waals surface area contributed by atoms with Crippen molar-refractivity contribution in [2.75, 3.05) is 60.2 Å². The van der Waals surface area contributed by atoms with Crippen LogP contribution in [0.25, 0.3) is 0 Å². The molecule has 3 aliphatic rings. The molecule has 0 unspecified atom stereocenters. The second-order valence-corrected chi connectivity index (χ2v) is 8.61. The SMILES string of the molecule is COCc1noc(CN2CC[C@H]3C[C@@H](N4CCOCC4)CC[C@]3(COC)C2)n1. The monoisotopic (exact) mass is 394 g/mol. The zero-order chi connectivity index (χ0) is 19.4. The van der Waals surface area contributed by atoms with Crippen molar-refractivity contribution in [3.63, 3.8) is 0 Å². The maximum absolute atomic E-state index is 5.73. The van der Waals surface area contributed by atoms with E-state index < -0.39 is 0 Å². The Morgan fingerprint density at radius 2 is 2.00 bits per heavy atom. The fourth-order valence-corrected chi connectivity index (χ4v) is 5.52. The number of piperidine rings is 1. The molecule has 0 aromatic carbocycles. The minimum atomic E-state index is 0.241. The van der Waals surface area contributed by atoms with E-state index in [1.807, 2.05) is 7.11 Å². The zero-order valence-corrected chi connectivity index (χ0v) is 17.3. The van der Waals surface area contributed by atoms with Crippen LogP contribution in [0.3, 0.4) is 0 Å². The van der Waals surface area contributed by atoms with Gasteiger partial charge in [0.2, 0.25) is 5.89 Å². The lowest BCUT2D eigenvalue weighted by Gasteiger charge is -2.54. The summed E-state index contributed by atoms with van der Waals surface area (Å²) in [4.78, 5) is 9.57. The van der Waals surface area contributed by atoms with Crippen LogP contribution >= 0.6 is 0 Å². The molecule has 0 spiro atoms. The number of fused-ring (bicyclic) bond motifs is 1. The molecule has 4 rings (SSSR count). The first-order chi connectivity index (χ1) is 13.7. The maximum Gasteiger partial charge on any atom is 0.240 e. The number of methoxy groups -OCH3 is 2. The van der Waals surface area contributed by atoms with Crippen molar-refractivity contribution in [1.29, 1.82) is 0 Å². The highest BCUT2D eigenvalue weighted by Crippen LogP contribution is 2.48. The first-order valence-corrected chi connectivity index (χ1v) is 10.6. The van der Waals surface area contributed by atoms with Gasteiger partial charge in [-0.05, 0) is 38.1 Å². The van der Waals surface area contributed by atoms with E-state index in [0.29, 0.717) is 30.9 Å². The van der Waals surface area contributed by atoms with Gasteiger partial charge in [0.25, 0.3) is 0 Å². The molecule has 3 atom stereocenters. The van der Waals surface area contributed by atoms with E-state index >= 15 is 0 Å². The number of rotatable bonds is 7. The topological polar surface area (TPSA) is 73.1 Å². The van der Waals surface area contributed by atoms with Crippen LogP contribution in [0.15, 0.2) is 4.52 Å². The Labute approximate surface area is 167 Å². The lowest BCUT2D eigenvalue weighted by atomic mass is 9.62. The van der Waals surface area contributed by atoms with E-state index in [9.17, 15) is 0 Å². The van der Waals surface area contributed by atoms with Gasteiger partial charge in [0.1, 0.15) is 6.61 Å². The molecule has 158 valence electrons. The summed E-state index contributed by atoms with van der Waals surface area (Å²) < 4.78 is 21.8. The molecule has 2 aliphatic heterocycles. The molecule has 0 N–H and O–H groups in total. The second kappa shape index (κ2) is 9.17. The van der Waals surface area contributed by atoms with E-state index in [4.69, 9.17) is 18.7 Å². The third kappa shape index (κ3) is 4.41. The maximum atomic E-state index is 5.73. The molecular weight excluding hydrogens is 360 g/mol. The highest BCUT2D eigenvalue weighted by Gasteiger charge is 2.48. The normalized spacial score (nSPS) is 32.4. The summed E-state index contributed by atoms with van der Waals surface area (Å²) in [7, 11) is 3.48. The minimum Gasteiger partial charge on any atom is -0.384 e. The third-order valence-electron chi connectivity index (χ3n) is 6.87. The molecule has 3 heterocycles. The molecular formula is C20H34N4O4. The number of morpholine rings is 1. The molecule has 0 amide bonds. The molecule has 1 aliphatic carbocycles. The molecule has 8 nitrogen and oxygen atoms in total. The van der Waals surface area contributed by atoms with Crippen LogP contribution in [0.2, 0.25) is 0 Å². The van der Waals surface area contributed by atoms with Crippen LogP contribution in [0, 0.1) is 11.3 Å². The van der Waals surface area contributed by atoms with E-state index in [2.05, 4.69) is 19.9 Å². The summed E-state index contributed by atoms with van der Waals surface area (Å²) in [6, 6.07) is 0.706. The van der Waals surface area contributed by atoms with E-state index in [0.717, 1.165) is 51.9 Å². The predicted octanol–water partition coefficient (Wildman–Crippen LogP) is 1.56. The summed E-state index contributed by atoms with van der Waals surface area (Å²) in [5, 5.41) is 3.99. The average molecular weight is 395 g/mol. The Kier molecular flexibility index (Phi) is 6.62. The van der Waals surface area contributed by atoms with Gasteiger partial charge in [0, 0.05) is 45.3 Å². The number of nitrogens with zero attached hydrogens (tertiary/aromatic N) is 4. The number of ether oxygens (including phenoxy) is 3. The Morgan fingerprint density at radius 1 is 1.14 bits per heavy atom. The summed E-state index contributed by atoms with van der Waals surface area (Å²) >= 11 is 0. The molecule has 28 heavy (non-hydrogen) atoms. The lowest BCUT2D eigenvalue weighted by molar-refractivity contribution is -0.0882. The van der Waals surface area contributed by atoms with Crippen molar-refractivity contribution in [1.82, 2.24) is 19.9 Å². The second-order valence-electron chi connectivity index (χ2n) is 8.61. The van der Waals surface area contributed by atoms with E-state index in [1.54, 1.807) is 7.11 Å². The van der Waals surface area contributed by atoms with Crippen molar-refractivity contribution >= 4 is 0 Å². The fraction of sp³-hybridized carbons (Fsp3) is 0.900. The average Bonchev–Trinajstić information content (AvgIpc) is 3.15. The van der Waals surface area contributed by atoms with Crippen LogP contribution in [-0.4, -0.2) is 86.2 Å². The first kappa shape index (κ1) is 20.2. The molecule has 1 aromatic heterocycles. The number of hydrogen-bond donors (Lipinski definition) is 0. The Bertz CT molecular complexity index is 621. The molecule has 1 saturated carbocycles. The highest BCUT2D eigenvalue weighted by molar-refractivity contribution is 5.00. The number of likely N-dealkylation sites (tertiary alicyclic amines) is 1. The molecule has 2 saturated heterocycles. The minimum absolute atomic E-state index is 0.241. The van der Waals surface area contributed by atoms with Gasteiger partial charge in [0.15, 0.2) is 5.82 Å². The largest absolute Gasteiger partial charge is 0.384 e. The van der Waals surface area contributed by atoms with Crippen molar-refractivity contribution in [2.45, 2.75) is 44.9 Å². The first-order valence-electron chi connectivity index (χ1n) is 10.6. The Balaban J connectivity index is 1.39. The Hall–Kier alpha value is -1.06. The third-order valence-corrected chi connectivity index (χ3v) is 6.87. The van der Waals surface area contributed by atoms with Gasteiger partial charge in [-0.25, -0.2) is 0 Å². The Morgan fingerprint density at radius 3 is 2.79 bits per heavy atom. The van der Waals surface area contributed by atoms with E-state index in [1.165, 1.54) is 25.7 Å². The van der Waals surface area contributed by atoms with Crippen LogP contribution < -0.4 is 0 Å². The van der Waals surface area contributed by atoms with Gasteiger partial charge in [-0.3, -0.25) is 9.80 Å². The molecule has 8 heteroatoms. The summed E-state index contributed by atoms with van der Waals surface area (Å²) in [5.41, 5.74) is 0.241. The predicted molar refractivity (Wildman–Crippen MR) is 103 cm³/mol. The quantitative estimate of drug-likeness (QED) is 0.690. The number of hydrogen-bond acceptors (Lipinski definition) is 8. The van der Waals surface area contributed by atoms with Gasteiger partial charge in [-0.2, -0.15) is 4.98 Å². The summed E-state index contributed by atoms with van der Waals surface area (Å²) in [6.07, 6.45) is 4.98. The van der Waals surface area contributed by atoms with Gasteiger partial charge in [-0.1, -0.05) is 5.16 Å². The standard InChI is InChI=1S/C20H34N4O4/c1-25-13-18-21-19(28-22-18)12-23-6-4-16-11-17(24-7-9-27-10-8-24)3-5-20(16,14-23)15-26-2/h16-17H,3-15H2,1-2H3/t16-,17-,20+/m0/s1. The van der Waals surface area contributed by atoms with E-state index in [-0.39, 0.29) is 5.41 Å². The van der Waals surface area contributed by atoms with Crippen LogP contribution in [0.4, 0.5) is 0 Å². The lowest BCUT2D eigenvalue weighted by Crippen LogP contribution is -2.56. The fourth-order valence-electron chi connectivity index (χ4n) is 5.52. The van der Waals surface area contributed by atoms with Crippen molar-refractivity contribution in [2.24, 2.45) is 11.3 Å². The molecule has 1 aromatic rings. The van der Waals surface area contributed by atoms with Gasteiger partial charge in [0.05, 0.1) is 26.4 Å². The van der Waals surface area contributed by atoms with Crippen molar-refractivity contribution < 1.29 is 18.7 Å². The smallest absolute Gasteiger partial charge is 0.240 e. The van der Waals surface area contributed by atoms with Gasteiger partial charge < -0.3 is 18.7 Å². The van der Waals surface area contributed by atoms with Crippen molar-refractivity contribution in [3.05, 3.63) is 11.7 Å². The van der Waals surface area contributed by atoms with Crippen LogP contribution in [0.5, 0.6) is 0 Å². The van der Waals surface area contributed by atoms with Crippen LogP contribution in [0.1, 0.15) is 37.4 Å². The highest BCUT2D eigenvalue weighted by atomic mass is 16.5. The van der Waals surface area contributed by atoms with Gasteiger partial charge in [-0.15, -0.1) is 0 Å². The molecule has 0 bridgehead atoms. The van der Waals surface area contributed by atoms with Crippen molar-refractivity contribution in [3.8, 4) is 0 Å². The van der Waals surface area contributed by atoms with Gasteiger partial charge >= 0.3 is 0 Å². The summed E-state index contributed by atoms with van der Waals surface area (Å²) in [5.74, 6) is 2.02.